The van der Waals surface area contributed by atoms with Crippen LogP contribution in [0.1, 0.15) is 35.8 Å². The van der Waals surface area contributed by atoms with Crippen molar-refractivity contribution >= 4 is 28.0 Å². The lowest BCUT2D eigenvalue weighted by Gasteiger charge is -2.13. The first-order valence-corrected chi connectivity index (χ1v) is 9.54. The summed E-state index contributed by atoms with van der Waals surface area (Å²) in [6, 6.07) is 10.1. The molecule has 0 saturated carbocycles. The first kappa shape index (κ1) is 18.2. The summed E-state index contributed by atoms with van der Waals surface area (Å²) in [5.74, 6) is -1.55. The first-order valence-electron chi connectivity index (χ1n) is 9.54. The molecule has 0 aliphatic rings. The number of aromatic nitrogens is 3. The lowest BCUT2D eigenvalue weighted by molar-refractivity contribution is 0.0692. The molecule has 0 amide bonds. The minimum atomic E-state index is -1.10. The van der Waals surface area contributed by atoms with Crippen molar-refractivity contribution in [3.8, 4) is 22.4 Å². The van der Waals surface area contributed by atoms with Gasteiger partial charge in [0.15, 0.2) is 12.0 Å². The molecule has 0 bridgehead atoms. The molecule has 3 heterocycles. The van der Waals surface area contributed by atoms with E-state index in [1.165, 1.54) is 18.5 Å². The fourth-order valence-electron chi connectivity index (χ4n) is 4.17. The average molecular weight is 403 g/mol. The predicted octanol–water partition coefficient (Wildman–Crippen LogP) is 5.93. The second-order valence-electron chi connectivity index (χ2n) is 7.52. The van der Waals surface area contributed by atoms with E-state index in [4.69, 9.17) is 4.42 Å². The highest BCUT2D eigenvalue weighted by atomic mass is 19.1. The van der Waals surface area contributed by atoms with Crippen LogP contribution in [0, 0.1) is 5.82 Å². The zero-order valence-electron chi connectivity index (χ0n) is 16.3. The van der Waals surface area contributed by atoms with E-state index in [0.717, 1.165) is 10.9 Å². The minimum absolute atomic E-state index is 0.0329. The summed E-state index contributed by atoms with van der Waals surface area (Å²) in [6.45, 7) is 3.96. The fraction of sp³-hybridized carbons (Fsp3) is 0.130. The number of para-hydroxylation sites is 1. The Kier molecular flexibility index (Phi) is 3.99. The van der Waals surface area contributed by atoms with Gasteiger partial charge >= 0.3 is 5.97 Å². The van der Waals surface area contributed by atoms with Crippen LogP contribution in [0.25, 0.3) is 44.4 Å². The summed E-state index contributed by atoms with van der Waals surface area (Å²) in [6.07, 6.45) is 3.08. The van der Waals surface area contributed by atoms with Gasteiger partial charge in [0, 0.05) is 33.8 Å². The third-order valence-corrected chi connectivity index (χ3v) is 5.36. The van der Waals surface area contributed by atoms with Crippen LogP contribution in [0.4, 0.5) is 4.39 Å². The number of H-pyrrole nitrogens is 2. The Balaban J connectivity index is 1.91. The standard InChI is InChI=1S/C23H18FN3O3/c1-11(2)18-19(14-4-3-5-16-22(14)30-10-26-16)21(23(28)29)27-20(18)15-8-12(24)9-17-13(15)6-7-25-17/h3-11,25,27H,1-2H3,(H,28,29). The Hall–Kier alpha value is -3.87. The van der Waals surface area contributed by atoms with Gasteiger partial charge in [-0.1, -0.05) is 26.0 Å². The van der Waals surface area contributed by atoms with Crippen LogP contribution in [0.5, 0.6) is 0 Å². The number of rotatable bonds is 4. The molecule has 5 aromatic rings. The number of benzene rings is 2. The highest BCUT2D eigenvalue weighted by molar-refractivity contribution is 6.05. The van der Waals surface area contributed by atoms with Gasteiger partial charge in [0.1, 0.15) is 17.0 Å². The Morgan fingerprint density at radius 1 is 1.20 bits per heavy atom. The number of aromatic carboxylic acids is 1. The third-order valence-electron chi connectivity index (χ3n) is 5.36. The van der Waals surface area contributed by atoms with Crippen LogP contribution in [0.2, 0.25) is 0 Å². The van der Waals surface area contributed by atoms with Crippen molar-refractivity contribution in [1.82, 2.24) is 15.0 Å². The van der Waals surface area contributed by atoms with Gasteiger partial charge in [0.05, 0.1) is 5.69 Å². The number of oxazole rings is 1. The van der Waals surface area contributed by atoms with E-state index in [1.807, 2.05) is 32.0 Å². The van der Waals surface area contributed by atoms with Crippen LogP contribution >= 0.6 is 0 Å². The van der Waals surface area contributed by atoms with Crippen molar-refractivity contribution in [3.63, 3.8) is 0 Å². The second-order valence-corrected chi connectivity index (χ2v) is 7.52. The van der Waals surface area contributed by atoms with E-state index in [0.29, 0.717) is 39.0 Å². The number of nitrogens with one attached hydrogen (secondary N) is 2. The molecule has 0 aliphatic heterocycles. The predicted molar refractivity (Wildman–Crippen MR) is 112 cm³/mol. The summed E-state index contributed by atoms with van der Waals surface area (Å²) in [7, 11) is 0. The number of carbonyl (C=O) groups is 1. The van der Waals surface area contributed by atoms with Crippen molar-refractivity contribution in [2.75, 3.05) is 0 Å². The van der Waals surface area contributed by atoms with E-state index >= 15 is 0 Å². The van der Waals surface area contributed by atoms with Crippen LogP contribution in [0.15, 0.2) is 53.4 Å². The molecule has 0 aliphatic carbocycles. The zero-order chi connectivity index (χ0) is 21.0. The first-order chi connectivity index (χ1) is 14.5. The van der Waals surface area contributed by atoms with Crippen LogP contribution < -0.4 is 0 Å². The minimum Gasteiger partial charge on any atom is -0.477 e. The Morgan fingerprint density at radius 2 is 2.03 bits per heavy atom. The molecule has 0 saturated heterocycles. The van der Waals surface area contributed by atoms with E-state index in [2.05, 4.69) is 15.0 Å². The quantitative estimate of drug-likeness (QED) is 0.346. The molecule has 0 fully saturated rings. The topological polar surface area (TPSA) is 94.9 Å². The molecule has 0 spiro atoms. The molecule has 7 heteroatoms. The molecule has 150 valence electrons. The maximum Gasteiger partial charge on any atom is 0.352 e. The zero-order valence-corrected chi connectivity index (χ0v) is 16.3. The second kappa shape index (κ2) is 6.59. The third kappa shape index (κ3) is 2.62. The summed E-state index contributed by atoms with van der Waals surface area (Å²) in [4.78, 5) is 22.5. The highest BCUT2D eigenvalue weighted by Crippen LogP contribution is 2.43. The number of fused-ring (bicyclic) bond motifs is 2. The average Bonchev–Trinajstić information content (AvgIpc) is 3.43. The highest BCUT2D eigenvalue weighted by Gasteiger charge is 2.28. The van der Waals surface area contributed by atoms with Crippen LogP contribution in [-0.4, -0.2) is 26.0 Å². The smallest absolute Gasteiger partial charge is 0.352 e. The lowest BCUT2D eigenvalue weighted by Crippen LogP contribution is -2.00. The molecule has 3 aromatic heterocycles. The molecule has 3 N–H and O–H groups in total. The molecule has 6 nitrogen and oxygen atoms in total. The number of carboxylic acids is 1. The van der Waals surface area contributed by atoms with E-state index in [1.54, 1.807) is 12.3 Å². The van der Waals surface area contributed by atoms with Gasteiger partial charge in [0.2, 0.25) is 0 Å². The van der Waals surface area contributed by atoms with Crippen molar-refractivity contribution in [3.05, 3.63) is 66.1 Å². The molecule has 0 unspecified atom stereocenters. The molecule has 30 heavy (non-hydrogen) atoms. The van der Waals surface area contributed by atoms with Gasteiger partial charge in [-0.3, -0.25) is 0 Å². The number of carboxylic acid groups (broad SMARTS) is 1. The summed E-state index contributed by atoms with van der Waals surface area (Å²) >= 11 is 0. The number of nitrogens with zero attached hydrogens (tertiary/aromatic N) is 1. The van der Waals surface area contributed by atoms with Crippen LogP contribution in [-0.2, 0) is 0 Å². The monoisotopic (exact) mass is 403 g/mol. The van der Waals surface area contributed by atoms with Gasteiger partial charge in [-0.2, -0.15) is 0 Å². The van der Waals surface area contributed by atoms with Crippen molar-refractivity contribution in [2.24, 2.45) is 0 Å². The van der Waals surface area contributed by atoms with E-state index in [9.17, 15) is 14.3 Å². The molecular formula is C23H18FN3O3. The summed E-state index contributed by atoms with van der Waals surface area (Å²) in [5.41, 5.74) is 4.96. The summed E-state index contributed by atoms with van der Waals surface area (Å²) in [5, 5.41) is 10.8. The SMILES string of the molecule is CC(C)c1c(-c2cc(F)cc3[nH]ccc23)[nH]c(C(=O)O)c1-c1cccc2ncoc12. The number of hydrogen-bond donors (Lipinski definition) is 3. The van der Waals surface area contributed by atoms with Crippen molar-refractivity contribution in [2.45, 2.75) is 19.8 Å². The van der Waals surface area contributed by atoms with Gasteiger partial charge in [-0.25, -0.2) is 14.2 Å². The van der Waals surface area contributed by atoms with Gasteiger partial charge in [-0.05, 0) is 35.7 Å². The molecule has 5 rings (SSSR count). The Bertz CT molecular complexity index is 1420. The number of aromatic amines is 2. The number of hydrogen-bond acceptors (Lipinski definition) is 3. The largest absolute Gasteiger partial charge is 0.477 e. The van der Waals surface area contributed by atoms with Crippen LogP contribution in [0.3, 0.4) is 0 Å². The van der Waals surface area contributed by atoms with Gasteiger partial charge in [0.25, 0.3) is 0 Å². The van der Waals surface area contributed by atoms with Crippen molar-refractivity contribution in [1.29, 1.82) is 0 Å². The Labute approximate surface area is 170 Å². The lowest BCUT2D eigenvalue weighted by atomic mass is 9.90. The number of halogens is 1. The normalized spacial score (nSPS) is 11.7. The van der Waals surface area contributed by atoms with Crippen molar-refractivity contribution < 1.29 is 18.7 Å². The molecule has 0 atom stereocenters. The fourth-order valence-corrected chi connectivity index (χ4v) is 4.17. The van der Waals surface area contributed by atoms with E-state index in [-0.39, 0.29) is 11.6 Å². The maximum atomic E-state index is 14.4. The molecule has 0 radical (unpaired) electrons. The molecular weight excluding hydrogens is 385 g/mol. The van der Waals surface area contributed by atoms with Gasteiger partial charge < -0.3 is 19.5 Å². The summed E-state index contributed by atoms with van der Waals surface area (Å²) < 4.78 is 20.0. The Morgan fingerprint density at radius 3 is 2.80 bits per heavy atom. The molecule has 2 aromatic carbocycles. The van der Waals surface area contributed by atoms with Gasteiger partial charge in [-0.15, -0.1) is 0 Å². The maximum absolute atomic E-state index is 14.4. The van der Waals surface area contributed by atoms with E-state index < -0.39 is 11.8 Å².